The van der Waals surface area contributed by atoms with Gasteiger partial charge in [-0.25, -0.2) is 4.79 Å². The summed E-state index contributed by atoms with van der Waals surface area (Å²) in [6.45, 7) is 19.8. The number of nitrogens with zero attached hydrogens (tertiary/aromatic N) is 4. The van der Waals surface area contributed by atoms with Gasteiger partial charge in [-0.15, -0.1) is 0 Å². The van der Waals surface area contributed by atoms with Gasteiger partial charge in [0.2, 0.25) is 0 Å². The van der Waals surface area contributed by atoms with Crippen molar-refractivity contribution in [1.29, 1.82) is 0 Å². The van der Waals surface area contributed by atoms with Gasteiger partial charge in [0.1, 0.15) is 12.2 Å². The number of hydrogen-bond acceptors (Lipinski definition) is 15. The van der Waals surface area contributed by atoms with Crippen LogP contribution in [0.2, 0.25) is 0 Å². The number of fused-ring (bicyclic) bond motifs is 1. The summed E-state index contributed by atoms with van der Waals surface area (Å²) in [4.78, 5) is 39.3. The molecular weight excluding hydrogens is 764 g/mol. The Morgan fingerprint density at radius 2 is 1.58 bits per heavy atom. The number of rotatable bonds is 10. The number of ether oxygens (including phenoxy) is 8. The number of aliphatic hydroxyl groups excluding tert-OH is 2. The van der Waals surface area contributed by atoms with Crippen molar-refractivity contribution in [3.63, 3.8) is 0 Å². The first-order valence-corrected chi connectivity index (χ1v) is 21.8. The molecule has 1 spiro atoms. The van der Waals surface area contributed by atoms with Gasteiger partial charge in [-0.1, -0.05) is 27.7 Å². The van der Waals surface area contributed by atoms with E-state index in [0.29, 0.717) is 25.9 Å². The number of carbonyl (C=O) groups is 2. The van der Waals surface area contributed by atoms with Gasteiger partial charge in [0, 0.05) is 69.8 Å². The van der Waals surface area contributed by atoms with Crippen LogP contribution in [-0.4, -0.2) is 188 Å². The van der Waals surface area contributed by atoms with Gasteiger partial charge in [-0.05, 0) is 74.5 Å². The van der Waals surface area contributed by atoms with Crippen LogP contribution in [0.3, 0.4) is 0 Å². The summed E-state index contributed by atoms with van der Waals surface area (Å²) in [6, 6.07) is -0.636. The molecule has 338 valence electrons. The first kappa shape index (κ1) is 46.5. The van der Waals surface area contributed by atoms with Gasteiger partial charge in [-0.3, -0.25) is 19.6 Å². The fraction of sp³-hybridized carbons (Fsp3) is 0.930. The third-order valence-corrected chi connectivity index (χ3v) is 14.9. The smallest absolute Gasteiger partial charge is 0.411 e. The maximum atomic E-state index is 14.6. The van der Waals surface area contributed by atoms with Gasteiger partial charge in [0.15, 0.2) is 24.3 Å². The standard InChI is InChI=1S/C43H74N4O12/c1-22-20-42(9,53-14)36(58-39-32(48)29(19-23(2)54-39)46(12)18-17-45(10)11)25(4)33(56-30-21-41(8,52-13)35(49)28(7)55-30)26(5)38(50)57-37-27(6)43(37)34-24(3)31(22)44-15-16-47(34)40(51)59-43/h22-30,32-37,39,48-49H,15-21H2,1-14H3/t22-,23-,24+,25+,26-,27?,28+,29+,30+,32-,33+,34-,35+,36-,37-,39+,41-,42+,43+/m1/s1. The highest BCUT2D eigenvalue weighted by atomic mass is 16.7. The monoisotopic (exact) mass is 839 g/mol. The Balaban J connectivity index is 1.43. The van der Waals surface area contributed by atoms with Crippen molar-refractivity contribution >= 4 is 17.8 Å². The maximum Gasteiger partial charge on any atom is 0.411 e. The van der Waals surface area contributed by atoms with Crippen molar-refractivity contribution in [3.8, 4) is 0 Å². The number of esters is 1. The van der Waals surface area contributed by atoms with E-state index in [4.69, 9.17) is 42.9 Å². The van der Waals surface area contributed by atoms with E-state index >= 15 is 0 Å². The molecule has 1 amide bonds. The normalized spacial score (nSPS) is 48.2. The van der Waals surface area contributed by atoms with Gasteiger partial charge in [0.05, 0.1) is 54.1 Å². The van der Waals surface area contributed by atoms with E-state index in [2.05, 4.69) is 23.6 Å². The third-order valence-electron chi connectivity index (χ3n) is 14.9. The van der Waals surface area contributed by atoms with Gasteiger partial charge in [0.25, 0.3) is 0 Å². The van der Waals surface area contributed by atoms with E-state index in [1.54, 1.807) is 33.0 Å². The van der Waals surface area contributed by atoms with E-state index in [0.717, 1.165) is 18.8 Å². The molecule has 1 saturated carbocycles. The van der Waals surface area contributed by atoms with E-state index in [-0.39, 0.29) is 42.4 Å². The van der Waals surface area contributed by atoms with Crippen LogP contribution in [0.25, 0.3) is 0 Å². The molecule has 1 unspecified atom stereocenters. The molecule has 0 aromatic rings. The minimum Gasteiger partial charge on any atom is -0.457 e. The Labute approximate surface area is 351 Å². The molecule has 6 rings (SSSR count). The number of carbonyl (C=O) groups excluding carboxylic acids is 2. The van der Waals surface area contributed by atoms with Crippen LogP contribution in [0, 0.1) is 29.6 Å². The zero-order valence-corrected chi connectivity index (χ0v) is 38.0. The van der Waals surface area contributed by atoms with Crippen LogP contribution in [0.4, 0.5) is 4.79 Å². The summed E-state index contributed by atoms with van der Waals surface area (Å²) in [5.74, 6) is -2.63. The average molecular weight is 839 g/mol. The molecular formula is C43H74N4O12. The summed E-state index contributed by atoms with van der Waals surface area (Å²) >= 11 is 0. The van der Waals surface area contributed by atoms with Gasteiger partial charge < -0.3 is 53.0 Å². The van der Waals surface area contributed by atoms with Crippen LogP contribution < -0.4 is 0 Å². The fourth-order valence-electron chi connectivity index (χ4n) is 11.1. The van der Waals surface area contributed by atoms with Crippen LogP contribution in [-0.2, 0) is 42.7 Å². The van der Waals surface area contributed by atoms with Crippen molar-refractivity contribution in [2.24, 2.45) is 34.6 Å². The molecule has 0 aromatic carbocycles. The lowest BCUT2D eigenvalue weighted by atomic mass is 9.74. The van der Waals surface area contributed by atoms with Gasteiger partial charge in [-0.2, -0.15) is 0 Å². The Bertz CT molecular complexity index is 1540. The molecule has 5 aliphatic heterocycles. The zero-order valence-electron chi connectivity index (χ0n) is 38.0. The number of methoxy groups -OCH3 is 2. The summed E-state index contributed by atoms with van der Waals surface area (Å²) in [5.41, 5.74) is -2.14. The number of amides is 1. The number of likely N-dealkylation sites (N-methyl/N-ethyl adjacent to an activating group) is 2. The Kier molecular flexibility index (Phi) is 13.9. The summed E-state index contributed by atoms with van der Waals surface area (Å²) < 4.78 is 51.8. The molecule has 16 nitrogen and oxygen atoms in total. The van der Waals surface area contributed by atoms with Crippen LogP contribution >= 0.6 is 0 Å². The number of aliphatic hydroxyl groups is 2. The average Bonchev–Trinajstić information content (AvgIpc) is 3.66. The molecule has 19 atom stereocenters. The largest absolute Gasteiger partial charge is 0.457 e. The summed E-state index contributed by atoms with van der Waals surface area (Å²) in [6.07, 6.45) is -6.31. The molecule has 5 heterocycles. The fourth-order valence-corrected chi connectivity index (χ4v) is 11.1. The second kappa shape index (κ2) is 17.6. The molecule has 2 N–H and O–H groups in total. The lowest BCUT2D eigenvalue weighted by Crippen LogP contribution is -2.61. The van der Waals surface area contributed by atoms with Crippen molar-refractivity contribution in [3.05, 3.63) is 0 Å². The lowest BCUT2D eigenvalue weighted by Gasteiger charge is -2.50. The predicted molar refractivity (Wildman–Crippen MR) is 218 cm³/mol. The minimum absolute atomic E-state index is 0.150. The molecule has 5 fully saturated rings. The zero-order chi connectivity index (χ0) is 43.5. The summed E-state index contributed by atoms with van der Waals surface area (Å²) in [5, 5.41) is 23.1. The van der Waals surface area contributed by atoms with Crippen LogP contribution in [0.5, 0.6) is 0 Å². The molecule has 1 aliphatic carbocycles. The van der Waals surface area contributed by atoms with Crippen LogP contribution in [0.1, 0.15) is 81.6 Å². The van der Waals surface area contributed by atoms with Crippen molar-refractivity contribution in [1.82, 2.24) is 14.7 Å². The molecule has 0 aromatic heterocycles. The van der Waals surface area contributed by atoms with E-state index in [1.807, 2.05) is 55.8 Å². The van der Waals surface area contributed by atoms with Crippen LogP contribution in [0.15, 0.2) is 4.99 Å². The second-order valence-corrected chi connectivity index (χ2v) is 19.4. The lowest BCUT2D eigenvalue weighted by molar-refractivity contribution is -0.319. The third kappa shape index (κ3) is 8.58. The molecule has 4 saturated heterocycles. The first-order valence-electron chi connectivity index (χ1n) is 21.8. The van der Waals surface area contributed by atoms with E-state index in [9.17, 15) is 19.8 Å². The summed E-state index contributed by atoms with van der Waals surface area (Å²) in [7, 11) is 9.26. The number of hydrogen-bond donors (Lipinski definition) is 2. The van der Waals surface area contributed by atoms with Gasteiger partial charge >= 0.3 is 12.1 Å². The van der Waals surface area contributed by atoms with E-state index < -0.39 is 89.9 Å². The SMILES string of the molecule is CO[C@]1(C)C[C@H](O[C@H]2[C@H](C)[C@@H](O[C@@H]3O[C@H](C)C[C@H](N(C)CCN(C)C)[C@H]3O)[C@@](C)(OC)C[C@@H](C)C3=NCCN4C(=O)O[C@@]5(C(C)[C@H]5OC(=O)[C@@H]2C)[C@H]4[C@H]3C)O[C@@H](C)[C@@H]1O. The molecule has 2 bridgehead atoms. The first-order chi connectivity index (χ1) is 27.6. The topological polar surface area (TPSA) is 171 Å². The highest BCUT2D eigenvalue weighted by molar-refractivity contribution is 5.91. The molecule has 0 radical (unpaired) electrons. The minimum atomic E-state index is -1.06. The second-order valence-electron chi connectivity index (χ2n) is 19.4. The molecule has 59 heavy (non-hydrogen) atoms. The number of aliphatic imine (C=N–C) groups is 1. The van der Waals surface area contributed by atoms with E-state index in [1.165, 1.54) is 0 Å². The molecule has 6 aliphatic rings. The quantitative estimate of drug-likeness (QED) is 0.308. The maximum absolute atomic E-state index is 14.6. The Morgan fingerprint density at radius 1 is 0.898 bits per heavy atom. The Morgan fingerprint density at radius 3 is 2.22 bits per heavy atom. The van der Waals surface area contributed by atoms with Crippen molar-refractivity contribution in [2.75, 3.05) is 61.5 Å². The van der Waals surface area contributed by atoms with Crippen molar-refractivity contribution in [2.45, 2.75) is 166 Å². The molecule has 16 heteroatoms. The Hall–Kier alpha value is -1.99. The highest BCUT2D eigenvalue weighted by Crippen LogP contribution is 2.59. The predicted octanol–water partition coefficient (Wildman–Crippen LogP) is 2.94. The van der Waals surface area contributed by atoms with Crippen molar-refractivity contribution < 1.29 is 57.7 Å². The highest BCUT2D eigenvalue weighted by Gasteiger charge is 2.79.